The number of anilines is 1. The van der Waals surface area contributed by atoms with Crippen LogP contribution in [0.25, 0.3) is 0 Å². The molecule has 1 atom stereocenters. The second-order valence-electron chi connectivity index (χ2n) is 5.99. The maximum absolute atomic E-state index is 12.4. The summed E-state index contributed by atoms with van der Waals surface area (Å²) in [5.41, 5.74) is 8.63. The number of hydrogen-bond acceptors (Lipinski definition) is 4. The van der Waals surface area contributed by atoms with E-state index >= 15 is 0 Å². The van der Waals surface area contributed by atoms with Crippen molar-refractivity contribution in [1.82, 2.24) is 5.32 Å². The Morgan fingerprint density at radius 2 is 1.96 bits per heavy atom. The van der Waals surface area contributed by atoms with Crippen LogP contribution in [0.1, 0.15) is 17.2 Å². The van der Waals surface area contributed by atoms with Gasteiger partial charge in [0.2, 0.25) is 0 Å². The highest BCUT2D eigenvalue weighted by atomic mass is 16.5. The number of benzene rings is 2. The predicted octanol–water partition coefficient (Wildman–Crippen LogP) is 1.92. The maximum Gasteiger partial charge on any atom is 0.341 e. The number of urea groups is 1. The highest BCUT2D eigenvalue weighted by Crippen LogP contribution is 2.33. The van der Waals surface area contributed by atoms with Gasteiger partial charge in [-0.2, -0.15) is 0 Å². The summed E-state index contributed by atoms with van der Waals surface area (Å²) >= 11 is 0. The summed E-state index contributed by atoms with van der Waals surface area (Å²) in [6.45, 7) is 0.650. The average molecular weight is 355 g/mol. The summed E-state index contributed by atoms with van der Waals surface area (Å²) in [4.78, 5) is 24.7. The lowest BCUT2D eigenvalue weighted by Gasteiger charge is -2.25. The summed E-state index contributed by atoms with van der Waals surface area (Å²) in [5.74, 6) is -0.597. The van der Waals surface area contributed by atoms with Crippen molar-refractivity contribution >= 4 is 17.7 Å². The number of carbonyl (C=O) groups is 2. The van der Waals surface area contributed by atoms with Crippen LogP contribution in [-0.4, -0.2) is 36.8 Å². The molecule has 1 unspecified atom stereocenters. The van der Waals surface area contributed by atoms with Crippen LogP contribution < -0.4 is 20.7 Å². The lowest BCUT2D eigenvalue weighted by atomic mass is 9.97. The van der Waals surface area contributed by atoms with Gasteiger partial charge in [-0.05, 0) is 48.4 Å². The van der Waals surface area contributed by atoms with Crippen molar-refractivity contribution in [2.75, 3.05) is 24.6 Å². The third kappa shape index (κ3) is 3.78. The third-order valence-corrected chi connectivity index (χ3v) is 4.28. The van der Waals surface area contributed by atoms with Gasteiger partial charge in [0.1, 0.15) is 5.75 Å². The number of nitrogens with one attached hydrogen (secondary N) is 1. The first-order valence-corrected chi connectivity index (χ1v) is 8.39. The number of nitrogens with zero attached hydrogens (tertiary/aromatic N) is 1. The lowest BCUT2D eigenvalue weighted by Crippen LogP contribution is -2.30. The Labute approximate surface area is 151 Å². The van der Waals surface area contributed by atoms with E-state index in [4.69, 9.17) is 15.6 Å². The summed E-state index contributed by atoms with van der Waals surface area (Å²) in [7, 11) is 0. The molecule has 3 rings (SSSR count). The summed E-state index contributed by atoms with van der Waals surface area (Å²) in [6.07, 6.45) is 0.747. The Hall–Kier alpha value is -3.06. The van der Waals surface area contributed by atoms with E-state index < -0.39 is 12.6 Å². The molecule has 1 aliphatic heterocycles. The third-order valence-electron chi connectivity index (χ3n) is 4.28. The van der Waals surface area contributed by atoms with Gasteiger partial charge in [-0.3, -0.25) is 4.90 Å². The first kappa shape index (κ1) is 17.8. The molecule has 2 aromatic carbocycles. The monoisotopic (exact) mass is 355 g/mol. The number of nitrogens with two attached hydrogens (primary N) is 1. The van der Waals surface area contributed by atoms with E-state index in [-0.39, 0.29) is 12.1 Å². The van der Waals surface area contributed by atoms with Gasteiger partial charge < -0.3 is 20.9 Å². The number of ether oxygens (including phenoxy) is 1. The molecule has 1 saturated heterocycles. The van der Waals surface area contributed by atoms with Crippen molar-refractivity contribution in [3.8, 4) is 5.75 Å². The van der Waals surface area contributed by atoms with E-state index in [1.165, 1.54) is 0 Å². The molecule has 136 valence electrons. The number of carboxylic acids is 1. The van der Waals surface area contributed by atoms with Gasteiger partial charge >= 0.3 is 12.0 Å². The molecule has 0 bridgehead atoms. The van der Waals surface area contributed by atoms with Gasteiger partial charge in [0.25, 0.3) is 0 Å². The zero-order valence-corrected chi connectivity index (χ0v) is 14.2. The minimum atomic E-state index is -1.04. The molecule has 7 heteroatoms. The fourth-order valence-corrected chi connectivity index (χ4v) is 3.14. The van der Waals surface area contributed by atoms with Crippen molar-refractivity contribution in [3.63, 3.8) is 0 Å². The SMILES string of the molecule is NCCc1ccccc1C1CNC(=O)N1c1ccc(OCC(=O)O)cc1. The highest BCUT2D eigenvalue weighted by Gasteiger charge is 2.34. The molecule has 1 aliphatic rings. The van der Waals surface area contributed by atoms with Gasteiger partial charge in [0, 0.05) is 12.2 Å². The van der Waals surface area contributed by atoms with E-state index in [1.54, 1.807) is 29.2 Å². The molecule has 2 amide bonds. The zero-order valence-electron chi connectivity index (χ0n) is 14.2. The molecule has 26 heavy (non-hydrogen) atoms. The molecule has 0 spiro atoms. The molecule has 0 radical (unpaired) electrons. The van der Waals surface area contributed by atoms with Crippen molar-refractivity contribution in [2.45, 2.75) is 12.5 Å². The van der Waals surface area contributed by atoms with Crippen molar-refractivity contribution < 1.29 is 19.4 Å². The smallest absolute Gasteiger partial charge is 0.341 e. The van der Waals surface area contributed by atoms with Crippen molar-refractivity contribution in [1.29, 1.82) is 0 Å². The van der Waals surface area contributed by atoms with Crippen LogP contribution in [0.4, 0.5) is 10.5 Å². The lowest BCUT2D eigenvalue weighted by molar-refractivity contribution is -0.139. The predicted molar refractivity (Wildman–Crippen MR) is 97.4 cm³/mol. The second kappa shape index (κ2) is 7.88. The molecule has 2 aromatic rings. The standard InChI is InChI=1S/C19H21N3O4/c20-10-9-13-3-1-2-4-16(13)17-11-21-19(25)22(17)14-5-7-15(8-6-14)26-12-18(23)24/h1-8,17H,9-12,20H2,(H,21,25)(H,23,24). The number of carboxylic acid groups (broad SMARTS) is 1. The van der Waals surface area contributed by atoms with Crippen molar-refractivity contribution in [3.05, 3.63) is 59.7 Å². The minimum absolute atomic E-state index is 0.129. The maximum atomic E-state index is 12.4. The van der Waals surface area contributed by atoms with Crippen LogP contribution in [0, 0.1) is 0 Å². The second-order valence-corrected chi connectivity index (χ2v) is 5.99. The Morgan fingerprint density at radius 1 is 1.23 bits per heavy atom. The van der Waals surface area contributed by atoms with Crippen LogP contribution >= 0.6 is 0 Å². The van der Waals surface area contributed by atoms with Gasteiger partial charge in [0.05, 0.1) is 6.04 Å². The Morgan fingerprint density at radius 3 is 2.65 bits per heavy atom. The topological polar surface area (TPSA) is 105 Å². The van der Waals surface area contributed by atoms with Crippen LogP contribution in [0.2, 0.25) is 0 Å². The Bertz CT molecular complexity index is 792. The number of amides is 2. The number of hydrogen-bond donors (Lipinski definition) is 3. The van der Waals surface area contributed by atoms with Crippen LogP contribution in [0.3, 0.4) is 0 Å². The van der Waals surface area contributed by atoms with E-state index in [1.807, 2.05) is 24.3 Å². The van der Waals surface area contributed by atoms with E-state index in [0.717, 1.165) is 23.2 Å². The molecule has 1 heterocycles. The zero-order chi connectivity index (χ0) is 18.5. The van der Waals surface area contributed by atoms with E-state index in [2.05, 4.69) is 5.32 Å². The molecule has 4 N–H and O–H groups in total. The van der Waals surface area contributed by atoms with Crippen molar-refractivity contribution in [2.24, 2.45) is 5.73 Å². The Balaban J connectivity index is 1.85. The number of carbonyl (C=O) groups excluding carboxylic acids is 1. The number of aliphatic carboxylic acids is 1. The molecule has 0 aliphatic carbocycles. The molecule has 0 saturated carbocycles. The first-order valence-electron chi connectivity index (χ1n) is 8.39. The van der Waals surface area contributed by atoms with E-state index in [9.17, 15) is 9.59 Å². The fraction of sp³-hybridized carbons (Fsp3) is 0.263. The summed E-state index contributed by atoms with van der Waals surface area (Å²) < 4.78 is 5.14. The molecular weight excluding hydrogens is 334 g/mol. The quantitative estimate of drug-likeness (QED) is 0.704. The fourth-order valence-electron chi connectivity index (χ4n) is 3.14. The summed E-state index contributed by atoms with van der Waals surface area (Å²) in [6, 6.07) is 14.5. The average Bonchev–Trinajstić information content (AvgIpc) is 3.02. The minimum Gasteiger partial charge on any atom is -0.482 e. The largest absolute Gasteiger partial charge is 0.482 e. The molecular formula is C19H21N3O4. The van der Waals surface area contributed by atoms with Crippen LogP contribution in [0.15, 0.2) is 48.5 Å². The highest BCUT2D eigenvalue weighted by molar-refractivity contribution is 5.95. The van der Waals surface area contributed by atoms with Crippen LogP contribution in [-0.2, 0) is 11.2 Å². The molecule has 1 fully saturated rings. The molecule has 7 nitrogen and oxygen atoms in total. The van der Waals surface area contributed by atoms with E-state index in [0.29, 0.717) is 18.8 Å². The first-order chi connectivity index (χ1) is 12.6. The summed E-state index contributed by atoms with van der Waals surface area (Å²) in [5, 5.41) is 11.6. The van der Waals surface area contributed by atoms with Gasteiger partial charge in [-0.25, -0.2) is 9.59 Å². The van der Waals surface area contributed by atoms with Crippen LogP contribution in [0.5, 0.6) is 5.75 Å². The number of rotatable bonds is 7. The van der Waals surface area contributed by atoms with Gasteiger partial charge in [0.15, 0.2) is 6.61 Å². The van der Waals surface area contributed by atoms with Gasteiger partial charge in [-0.15, -0.1) is 0 Å². The molecule has 0 aromatic heterocycles. The van der Waals surface area contributed by atoms with Gasteiger partial charge in [-0.1, -0.05) is 24.3 Å². The Kier molecular flexibility index (Phi) is 5.38. The normalized spacial score (nSPS) is 16.4.